The Kier molecular flexibility index (Phi) is 12.8. The lowest BCUT2D eigenvalue weighted by atomic mass is 10.0. The normalized spacial score (nSPS) is 15.0. The third-order valence-corrected chi connectivity index (χ3v) is 4.60. The second kappa shape index (κ2) is 13.9. The summed E-state index contributed by atoms with van der Waals surface area (Å²) in [6.07, 6.45) is 0.0842. The number of rotatable bonds is 14. The van der Waals surface area contributed by atoms with E-state index < -0.39 is 53.8 Å². The Hall–Kier alpha value is -2.34. The Balaban J connectivity index is 5.25. The van der Waals surface area contributed by atoms with Gasteiger partial charge in [-0.05, 0) is 24.7 Å². The fourth-order valence-electron chi connectivity index (χ4n) is 2.72. The average molecular weight is 462 g/mol. The van der Waals surface area contributed by atoms with Crippen molar-refractivity contribution in [3.8, 4) is 0 Å². The van der Waals surface area contributed by atoms with Crippen LogP contribution in [0.4, 0.5) is 0 Å². The second-order valence-corrected chi connectivity index (χ2v) is 8.61. The van der Waals surface area contributed by atoms with Crippen molar-refractivity contribution in [2.45, 2.75) is 71.1 Å². The highest BCUT2D eigenvalue weighted by Crippen LogP contribution is 2.08. The molecule has 31 heavy (non-hydrogen) atoms. The summed E-state index contributed by atoms with van der Waals surface area (Å²) < 4.78 is 0. The molecule has 0 saturated carbocycles. The highest BCUT2D eigenvalue weighted by atomic mass is 32.1. The number of thiol groups is 1. The van der Waals surface area contributed by atoms with Crippen LogP contribution < -0.4 is 27.4 Å². The van der Waals surface area contributed by atoms with Crippen LogP contribution in [-0.4, -0.2) is 64.6 Å². The lowest BCUT2D eigenvalue weighted by Gasteiger charge is -2.25. The van der Waals surface area contributed by atoms with Crippen molar-refractivity contribution in [1.29, 1.82) is 0 Å². The second-order valence-electron chi connectivity index (χ2n) is 8.24. The molecule has 4 atom stereocenters. The molecule has 0 spiro atoms. The minimum absolute atomic E-state index is 0.00845. The van der Waals surface area contributed by atoms with Crippen LogP contribution in [0.2, 0.25) is 0 Å². The number of carboxylic acids is 1. The molecular weight excluding hydrogens is 426 g/mol. The summed E-state index contributed by atoms with van der Waals surface area (Å²) in [5.74, 6) is -4.07. The standard InChI is InChI=1S/C19H35N5O6S/c1-9(2)5-12(22-16(26)11(20)7-15(21)25)17(27)24-14(8-31)18(28)23-13(19(29)30)6-10(3)4/h9-14,31H,5-8,20H2,1-4H3,(H2,21,25)(H,22,26)(H,23,28)(H,24,27)(H,29,30). The lowest BCUT2D eigenvalue weighted by Crippen LogP contribution is -2.58. The molecule has 0 rings (SSSR count). The third-order valence-electron chi connectivity index (χ3n) is 4.24. The molecule has 0 heterocycles. The average Bonchev–Trinajstić information content (AvgIpc) is 2.63. The van der Waals surface area contributed by atoms with E-state index in [0.717, 1.165) is 0 Å². The van der Waals surface area contributed by atoms with Gasteiger partial charge < -0.3 is 32.5 Å². The van der Waals surface area contributed by atoms with E-state index in [2.05, 4.69) is 28.6 Å². The quantitative estimate of drug-likeness (QED) is 0.157. The van der Waals surface area contributed by atoms with Gasteiger partial charge in [0, 0.05) is 5.75 Å². The monoisotopic (exact) mass is 461 g/mol. The first-order valence-electron chi connectivity index (χ1n) is 10.1. The molecule has 178 valence electrons. The summed E-state index contributed by atoms with van der Waals surface area (Å²) in [6, 6.07) is -4.45. The van der Waals surface area contributed by atoms with Crippen molar-refractivity contribution in [1.82, 2.24) is 16.0 Å². The van der Waals surface area contributed by atoms with Gasteiger partial charge in [-0.25, -0.2) is 4.79 Å². The highest BCUT2D eigenvalue weighted by molar-refractivity contribution is 7.80. The van der Waals surface area contributed by atoms with E-state index in [1.807, 2.05) is 27.7 Å². The van der Waals surface area contributed by atoms with Gasteiger partial charge in [-0.15, -0.1) is 0 Å². The molecule has 0 bridgehead atoms. The van der Waals surface area contributed by atoms with Crippen LogP contribution in [-0.2, 0) is 24.0 Å². The molecule has 11 nitrogen and oxygen atoms in total. The maximum Gasteiger partial charge on any atom is 0.326 e. The molecule has 0 aliphatic heterocycles. The Morgan fingerprint density at radius 3 is 1.65 bits per heavy atom. The first-order valence-corrected chi connectivity index (χ1v) is 10.7. The predicted molar refractivity (Wildman–Crippen MR) is 118 cm³/mol. The van der Waals surface area contributed by atoms with Gasteiger partial charge in [0.2, 0.25) is 23.6 Å². The largest absolute Gasteiger partial charge is 0.480 e. The lowest BCUT2D eigenvalue weighted by molar-refractivity contribution is -0.142. The molecule has 0 aliphatic rings. The number of amides is 4. The maximum atomic E-state index is 12.7. The Bertz CT molecular complexity index is 658. The van der Waals surface area contributed by atoms with Crippen molar-refractivity contribution in [2.75, 3.05) is 5.75 Å². The molecule has 0 aromatic carbocycles. The Morgan fingerprint density at radius 1 is 0.806 bits per heavy atom. The Labute approximate surface area is 187 Å². The summed E-state index contributed by atoms with van der Waals surface area (Å²) in [6.45, 7) is 7.31. The molecule has 0 radical (unpaired) electrons. The molecule has 8 N–H and O–H groups in total. The third kappa shape index (κ3) is 11.6. The Morgan fingerprint density at radius 2 is 1.23 bits per heavy atom. The number of aliphatic carboxylic acids is 1. The molecule has 0 saturated heterocycles. The smallest absolute Gasteiger partial charge is 0.326 e. The van der Waals surface area contributed by atoms with Gasteiger partial charge in [0.1, 0.15) is 18.1 Å². The van der Waals surface area contributed by atoms with Crippen molar-refractivity contribution in [3.05, 3.63) is 0 Å². The summed E-state index contributed by atoms with van der Waals surface area (Å²) in [7, 11) is 0. The van der Waals surface area contributed by atoms with Gasteiger partial charge in [-0.2, -0.15) is 12.6 Å². The number of nitrogens with two attached hydrogens (primary N) is 2. The van der Waals surface area contributed by atoms with E-state index in [-0.39, 0.29) is 36.9 Å². The van der Waals surface area contributed by atoms with E-state index >= 15 is 0 Å². The summed E-state index contributed by atoms with van der Waals surface area (Å²) in [5.41, 5.74) is 10.7. The van der Waals surface area contributed by atoms with Crippen molar-refractivity contribution >= 4 is 42.2 Å². The number of primary amides is 1. The SMILES string of the molecule is CC(C)CC(NC(=O)C(CS)NC(=O)C(CC(C)C)NC(=O)C(N)CC(N)=O)C(=O)O. The molecule has 0 aromatic heterocycles. The number of carboxylic acid groups (broad SMARTS) is 1. The predicted octanol–water partition coefficient (Wildman–Crippen LogP) is -1.25. The summed E-state index contributed by atoms with van der Waals surface area (Å²) in [5, 5.41) is 16.7. The molecule has 12 heteroatoms. The van der Waals surface area contributed by atoms with Crippen molar-refractivity contribution in [2.24, 2.45) is 23.3 Å². The van der Waals surface area contributed by atoms with Crippen LogP contribution in [0.1, 0.15) is 47.0 Å². The van der Waals surface area contributed by atoms with E-state index in [0.29, 0.717) is 0 Å². The van der Waals surface area contributed by atoms with Crippen LogP contribution in [0.15, 0.2) is 0 Å². The van der Waals surface area contributed by atoms with Crippen LogP contribution in [0, 0.1) is 11.8 Å². The molecule has 4 amide bonds. The van der Waals surface area contributed by atoms with Gasteiger partial charge in [-0.1, -0.05) is 27.7 Å². The van der Waals surface area contributed by atoms with E-state index in [1.54, 1.807) is 0 Å². The first kappa shape index (κ1) is 28.7. The number of hydrogen-bond acceptors (Lipinski definition) is 7. The van der Waals surface area contributed by atoms with Crippen LogP contribution in [0.3, 0.4) is 0 Å². The zero-order valence-corrected chi connectivity index (χ0v) is 19.3. The minimum atomic E-state index is -1.21. The first-order chi connectivity index (χ1) is 14.3. The molecular formula is C19H35N5O6S. The fraction of sp³-hybridized carbons (Fsp3) is 0.737. The van der Waals surface area contributed by atoms with E-state index in [9.17, 15) is 29.1 Å². The van der Waals surface area contributed by atoms with Crippen LogP contribution >= 0.6 is 12.6 Å². The topological polar surface area (TPSA) is 194 Å². The van der Waals surface area contributed by atoms with E-state index in [1.165, 1.54) is 0 Å². The van der Waals surface area contributed by atoms with Crippen LogP contribution in [0.5, 0.6) is 0 Å². The zero-order valence-electron chi connectivity index (χ0n) is 18.4. The zero-order chi connectivity index (χ0) is 24.3. The molecule has 0 aliphatic carbocycles. The number of carbonyl (C=O) groups excluding carboxylic acids is 4. The van der Waals surface area contributed by atoms with Gasteiger partial charge in [0.15, 0.2) is 0 Å². The molecule has 0 fully saturated rings. The van der Waals surface area contributed by atoms with Crippen molar-refractivity contribution < 1.29 is 29.1 Å². The minimum Gasteiger partial charge on any atom is -0.480 e. The molecule has 4 unspecified atom stereocenters. The van der Waals surface area contributed by atoms with Crippen LogP contribution in [0.25, 0.3) is 0 Å². The van der Waals surface area contributed by atoms with Crippen molar-refractivity contribution in [3.63, 3.8) is 0 Å². The van der Waals surface area contributed by atoms with E-state index in [4.69, 9.17) is 11.5 Å². The van der Waals surface area contributed by atoms with Gasteiger partial charge in [0.05, 0.1) is 12.5 Å². The molecule has 0 aromatic rings. The van der Waals surface area contributed by atoms with Gasteiger partial charge in [0.25, 0.3) is 0 Å². The van der Waals surface area contributed by atoms with Gasteiger partial charge in [-0.3, -0.25) is 19.2 Å². The number of hydrogen-bond donors (Lipinski definition) is 7. The number of carbonyl (C=O) groups is 5. The number of nitrogens with one attached hydrogen (secondary N) is 3. The maximum absolute atomic E-state index is 12.7. The van der Waals surface area contributed by atoms with Gasteiger partial charge >= 0.3 is 5.97 Å². The summed E-state index contributed by atoms with van der Waals surface area (Å²) in [4.78, 5) is 59.8. The fourth-order valence-corrected chi connectivity index (χ4v) is 2.98. The summed E-state index contributed by atoms with van der Waals surface area (Å²) >= 11 is 4.07. The highest BCUT2D eigenvalue weighted by Gasteiger charge is 2.30.